The fourth-order valence-corrected chi connectivity index (χ4v) is 3.54. The molecule has 2 aliphatic heterocycles. The first-order chi connectivity index (χ1) is 9.34. The number of nitrogens with one attached hydrogen (secondary N) is 1. The van der Waals surface area contributed by atoms with Crippen LogP contribution in [0.3, 0.4) is 0 Å². The summed E-state index contributed by atoms with van der Waals surface area (Å²) in [4.78, 5) is 2.50. The smallest absolute Gasteiger partial charge is 0.123 e. The van der Waals surface area contributed by atoms with Crippen molar-refractivity contribution in [2.45, 2.75) is 43.8 Å². The Hall–Kier alpha value is -1.37. The van der Waals surface area contributed by atoms with E-state index in [4.69, 9.17) is 0 Å². The third kappa shape index (κ3) is 2.39. The molecule has 1 aromatic carbocycles. The molecule has 19 heavy (non-hydrogen) atoms. The van der Waals surface area contributed by atoms with Crippen molar-refractivity contribution in [3.8, 4) is 6.07 Å². The maximum Gasteiger partial charge on any atom is 0.123 e. The third-order valence-electron chi connectivity index (χ3n) is 4.63. The average Bonchev–Trinajstić information content (AvgIpc) is 2.86. The zero-order chi connectivity index (χ0) is 13.1. The maximum atomic E-state index is 9.69. The summed E-state index contributed by atoms with van der Waals surface area (Å²) in [6.07, 6.45) is 4.67. The van der Waals surface area contributed by atoms with Crippen LogP contribution in [0.15, 0.2) is 30.3 Å². The average molecular weight is 255 g/mol. The summed E-state index contributed by atoms with van der Waals surface area (Å²) in [5, 5.41) is 13.3. The van der Waals surface area contributed by atoms with Gasteiger partial charge >= 0.3 is 0 Å². The van der Waals surface area contributed by atoms with Crippen molar-refractivity contribution in [1.29, 1.82) is 5.26 Å². The van der Waals surface area contributed by atoms with Gasteiger partial charge in [-0.05, 0) is 31.4 Å². The van der Waals surface area contributed by atoms with Crippen LogP contribution in [-0.4, -0.2) is 29.6 Å². The van der Waals surface area contributed by atoms with Gasteiger partial charge in [0.2, 0.25) is 0 Å². The lowest BCUT2D eigenvalue weighted by Crippen LogP contribution is -2.54. The van der Waals surface area contributed by atoms with E-state index in [2.05, 4.69) is 40.6 Å². The quantitative estimate of drug-likeness (QED) is 0.900. The summed E-state index contributed by atoms with van der Waals surface area (Å²) < 4.78 is 0. The Kier molecular flexibility index (Phi) is 3.54. The van der Waals surface area contributed by atoms with Gasteiger partial charge in [-0.25, -0.2) is 0 Å². The highest BCUT2D eigenvalue weighted by Crippen LogP contribution is 2.34. The van der Waals surface area contributed by atoms with Crippen LogP contribution in [0, 0.1) is 11.3 Å². The predicted molar refractivity (Wildman–Crippen MR) is 75.5 cm³/mol. The molecular weight excluding hydrogens is 234 g/mol. The molecule has 2 unspecified atom stereocenters. The minimum absolute atomic E-state index is 0.337. The highest BCUT2D eigenvalue weighted by Gasteiger charge is 2.48. The summed E-state index contributed by atoms with van der Waals surface area (Å²) in [5.74, 6) is 0. The van der Waals surface area contributed by atoms with Crippen LogP contribution in [0.5, 0.6) is 0 Å². The Morgan fingerprint density at radius 1 is 1.26 bits per heavy atom. The predicted octanol–water partition coefficient (Wildman–Crippen LogP) is 2.30. The van der Waals surface area contributed by atoms with Crippen LogP contribution in [0.4, 0.5) is 0 Å². The number of hydrogen-bond donors (Lipinski definition) is 1. The van der Waals surface area contributed by atoms with Gasteiger partial charge in [0, 0.05) is 19.1 Å². The van der Waals surface area contributed by atoms with E-state index in [1.165, 1.54) is 24.9 Å². The summed E-state index contributed by atoms with van der Waals surface area (Å²) in [6.45, 7) is 3.03. The number of hydrogen-bond acceptors (Lipinski definition) is 3. The number of nitrogens with zero attached hydrogens (tertiary/aromatic N) is 2. The Bertz CT molecular complexity index is 465. The zero-order valence-electron chi connectivity index (χ0n) is 11.3. The summed E-state index contributed by atoms with van der Waals surface area (Å²) in [5.41, 5.74) is 0.919. The molecule has 2 aliphatic rings. The third-order valence-corrected chi connectivity index (χ3v) is 4.63. The van der Waals surface area contributed by atoms with E-state index >= 15 is 0 Å². The molecule has 0 spiro atoms. The number of benzene rings is 1. The van der Waals surface area contributed by atoms with E-state index in [0.29, 0.717) is 6.04 Å². The van der Waals surface area contributed by atoms with Crippen molar-refractivity contribution in [3.05, 3.63) is 35.9 Å². The minimum Gasteiger partial charge on any atom is -0.297 e. The number of rotatable bonds is 3. The van der Waals surface area contributed by atoms with Gasteiger partial charge in [-0.2, -0.15) is 5.26 Å². The summed E-state index contributed by atoms with van der Waals surface area (Å²) in [6, 6.07) is 13.4. The van der Waals surface area contributed by atoms with E-state index in [-0.39, 0.29) is 5.54 Å². The second-order valence-electron chi connectivity index (χ2n) is 5.72. The second kappa shape index (κ2) is 5.32. The van der Waals surface area contributed by atoms with Crippen molar-refractivity contribution in [2.75, 3.05) is 13.1 Å². The molecule has 0 aliphatic carbocycles. The second-order valence-corrected chi connectivity index (χ2v) is 5.72. The van der Waals surface area contributed by atoms with Gasteiger partial charge in [0.25, 0.3) is 0 Å². The van der Waals surface area contributed by atoms with Crippen LogP contribution >= 0.6 is 0 Å². The van der Waals surface area contributed by atoms with Crippen LogP contribution in [0.1, 0.15) is 31.2 Å². The minimum atomic E-state index is -0.337. The maximum absolute atomic E-state index is 9.69. The van der Waals surface area contributed by atoms with Gasteiger partial charge < -0.3 is 0 Å². The Morgan fingerprint density at radius 3 is 2.89 bits per heavy atom. The topological polar surface area (TPSA) is 39.1 Å². The van der Waals surface area contributed by atoms with Gasteiger partial charge in [-0.15, -0.1) is 0 Å². The first-order valence-corrected chi connectivity index (χ1v) is 7.28. The molecule has 0 amide bonds. The molecule has 0 saturated carbocycles. The Balaban J connectivity index is 1.72. The Labute approximate surface area is 115 Å². The van der Waals surface area contributed by atoms with Crippen molar-refractivity contribution in [2.24, 2.45) is 0 Å². The van der Waals surface area contributed by atoms with Crippen LogP contribution in [0.2, 0.25) is 0 Å². The van der Waals surface area contributed by atoms with Gasteiger partial charge in [0.15, 0.2) is 0 Å². The molecule has 3 rings (SSSR count). The largest absolute Gasteiger partial charge is 0.297 e. The van der Waals surface area contributed by atoms with E-state index in [1.54, 1.807) is 0 Å². The molecule has 0 bridgehead atoms. The number of fused-ring (bicyclic) bond motifs is 1. The number of nitriles is 1. The highest BCUT2D eigenvalue weighted by molar-refractivity contribution is 5.21. The van der Waals surface area contributed by atoms with Crippen LogP contribution in [0.25, 0.3) is 0 Å². The summed E-state index contributed by atoms with van der Waals surface area (Å²) >= 11 is 0. The summed E-state index contributed by atoms with van der Waals surface area (Å²) in [7, 11) is 0. The highest BCUT2D eigenvalue weighted by atomic mass is 15.2. The molecular formula is C16H21N3. The van der Waals surface area contributed by atoms with E-state index in [1.807, 2.05) is 6.07 Å². The standard InChI is InChI=1S/C16H21N3/c17-13-16(18-12-14-6-2-1-3-7-14)9-11-19-10-5-4-8-15(16)19/h1-3,6-7,15,18H,4-5,8-12H2. The first kappa shape index (κ1) is 12.7. The fraction of sp³-hybridized carbons (Fsp3) is 0.562. The molecule has 0 aromatic heterocycles. The molecule has 0 radical (unpaired) electrons. The van der Waals surface area contributed by atoms with Crippen LogP contribution in [-0.2, 0) is 6.54 Å². The molecule has 2 fully saturated rings. The Morgan fingerprint density at radius 2 is 2.11 bits per heavy atom. The first-order valence-electron chi connectivity index (χ1n) is 7.28. The lowest BCUT2D eigenvalue weighted by Gasteiger charge is -2.37. The molecule has 1 aromatic rings. The molecule has 3 heteroatoms. The van der Waals surface area contributed by atoms with E-state index < -0.39 is 0 Å². The molecule has 2 atom stereocenters. The number of piperidine rings is 1. The molecule has 3 nitrogen and oxygen atoms in total. The molecule has 100 valence electrons. The van der Waals surface area contributed by atoms with Gasteiger partial charge in [-0.1, -0.05) is 36.8 Å². The lowest BCUT2D eigenvalue weighted by molar-refractivity contribution is 0.160. The van der Waals surface area contributed by atoms with Crippen molar-refractivity contribution in [3.63, 3.8) is 0 Å². The molecule has 2 heterocycles. The molecule has 1 N–H and O–H groups in total. The normalized spacial score (nSPS) is 30.8. The van der Waals surface area contributed by atoms with E-state index in [0.717, 1.165) is 25.9 Å². The fourth-order valence-electron chi connectivity index (χ4n) is 3.54. The van der Waals surface area contributed by atoms with Gasteiger partial charge in [0.05, 0.1) is 6.07 Å². The van der Waals surface area contributed by atoms with Crippen molar-refractivity contribution in [1.82, 2.24) is 10.2 Å². The van der Waals surface area contributed by atoms with Crippen LogP contribution < -0.4 is 5.32 Å². The van der Waals surface area contributed by atoms with E-state index in [9.17, 15) is 5.26 Å². The van der Waals surface area contributed by atoms with Crippen molar-refractivity contribution < 1.29 is 0 Å². The SMILES string of the molecule is N#CC1(NCc2ccccc2)CCN2CCCCC21. The lowest BCUT2D eigenvalue weighted by atomic mass is 9.86. The van der Waals surface area contributed by atoms with Gasteiger partial charge in [0.1, 0.15) is 5.54 Å². The monoisotopic (exact) mass is 255 g/mol. The van der Waals surface area contributed by atoms with Crippen molar-refractivity contribution >= 4 is 0 Å². The molecule has 2 saturated heterocycles. The van der Waals surface area contributed by atoms with Gasteiger partial charge in [-0.3, -0.25) is 10.2 Å². The zero-order valence-corrected chi connectivity index (χ0v) is 11.3.